The molecule has 0 saturated carbocycles. The molecule has 1 aromatic heterocycles. The Hall–Kier alpha value is -3.28. The number of ether oxygens (including phenoxy) is 1. The number of aromatic nitrogens is 1. The van der Waals surface area contributed by atoms with Crippen LogP contribution in [0.3, 0.4) is 0 Å². The molecule has 2 aromatic carbocycles. The summed E-state index contributed by atoms with van der Waals surface area (Å²) < 4.78 is 10.7. The van der Waals surface area contributed by atoms with Gasteiger partial charge in [0, 0.05) is 37.7 Å². The van der Waals surface area contributed by atoms with E-state index in [4.69, 9.17) is 9.26 Å². The first-order valence-electron chi connectivity index (χ1n) is 9.87. The van der Waals surface area contributed by atoms with Crippen LogP contribution in [0.4, 0.5) is 0 Å². The van der Waals surface area contributed by atoms with Gasteiger partial charge in [0.05, 0.1) is 13.7 Å². The minimum Gasteiger partial charge on any atom is -0.497 e. The molecule has 6 nitrogen and oxygen atoms in total. The summed E-state index contributed by atoms with van der Waals surface area (Å²) in [6.45, 7) is 2.50. The molecule has 1 aliphatic heterocycles. The Morgan fingerprint density at radius 3 is 2.72 bits per heavy atom. The molecule has 1 aliphatic rings. The molecule has 4 rings (SSSR count). The van der Waals surface area contributed by atoms with Crippen LogP contribution in [0.15, 0.2) is 70.2 Å². The van der Waals surface area contributed by atoms with Gasteiger partial charge in [0.25, 0.3) is 0 Å². The molecule has 6 heteroatoms. The van der Waals surface area contributed by atoms with Gasteiger partial charge in [0.15, 0.2) is 11.7 Å². The quantitative estimate of drug-likeness (QED) is 0.529. The van der Waals surface area contributed by atoms with Gasteiger partial charge in [0.2, 0.25) is 0 Å². The molecule has 0 amide bonds. The minimum absolute atomic E-state index is 0.496. The number of hydrogen-bond acceptors (Lipinski definition) is 4. The van der Waals surface area contributed by atoms with Gasteiger partial charge >= 0.3 is 0 Å². The van der Waals surface area contributed by atoms with Crippen LogP contribution in [-0.2, 0) is 6.54 Å². The fourth-order valence-corrected chi connectivity index (χ4v) is 3.74. The van der Waals surface area contributed by atoms with Crippen molar-refractivity contribution >= 4 is 5.96 Å². The third-order valence-corrected chi connectivity index (χ3v) is 5.33. The fraction of sp³-hybridized carbons (Fsp3) is 0.304. The van der Waals surface area contributed by atoms with Crippen molar-refractivity contribution in [2.75, 3.05) is 27.2 Å². The average Bonchev–Trinajstić information content (AvgIpc) is 3.45. The molecule has 1 saturated heterocycles. The van der Waals surface area contributed by atoms with Gasteiger partial charge in [-0.1, -0.05) is 47.6 Å². The molecule has 1 unspecified atom stereocenters. The lowest BCUT2D eigenvalue weighted by Crippen LogP contribution is -2.39. The standard InChI is InChI=1S/C23H26N4O2/c1-24-23(25-15-20-14-22(29-26-20)18-6-4-3-5-7-18)27-13-12-19(16-27)17-8-10-21(28-2)11-9-17/h3-11,14,19H,12-13,15-16H2,1-2H3,(H,24,25). The van der Waals surface area contributed by atoms with E-state index in [9.17, 15) is 0 Å². The topological polar surface area (TPSA) is 62.9 Å². The molecule has 0 aliphatic carbocycles. The van der Waals surface area contributed by atoms with E-state index in [-0.39, 0.29) is 0 Å². The fourth-order valence-electron chi connectivity index (χ4n) is 3.74. The molecule has 1 N–H and O–H groups in total. The third kappa shape index (κ3) is 4.42. The first kappa shape index (κ1) is 19.1. The summed E-state index contributed by atoms with van der Waals surface area (Å²) in [6, 6.07) is 20.3. The number of rotatable bonds is 5. The normalized spacial score (nSPS) is 16.8. The molecule has 150 valence electrons. The Morgan fingerprint density at radius 2 is 2.00 bits per heavy atom. The van der Waals surface area contributed by atoms with E-state index < -0.39 is 0 Å². The van der Waals surface area contributed by atoms with E-state index >= 15 is 0 Å². The van der Waals surface area contributed by atoms with Gasteiger partial charge in [-0.2, -0.15) is 0 Å². The lowest BCUT2D eigenvalue weighted by molar-refractivity contribution is 0.414. The van der Waals surface area contributed by atoms with Crippen LogP contribution >= 0.6 is 0 Å². The zero-order valence-electron chi connectivity index (χ0n) is 16.8. The van der Waals surface area contributed by atoms with Crippen LogP contribution < -0.4 is 10.1 Å². The number of likely N-dealkylation sites (tertiary alicyclic amines) is 1. The molecule has 2 heterocycles. The van der Waals surface area contributed by atoms with Crippen molar-refractivity contribution in [3.8, 4) is 17.1 Å². The predicted molar refractivity (Wildman–Crippen MR) is 114 cm³/mol. The zero-order valence-corrected chi connectivity index (χ0v) is 16.8. The van der Waals surface area contributed by atoms with Gasteiger partial charge in [0.1, 0.15) is 11.4 Å². The zero-order chi connectivity index (χ0) is 20.1. The van der Waals surface area contributed by atoms with Crippen LogP contribution in [0.1, 0.15) is 23.6 Å². The Kier molecular flexibility index (Phi) is 5.79. The van der Waals surface area contributed by atoms with Crippen molar-refractivity contribution in [1.29, 1.82) is 0 Å². The lowest BCUT2D eigenvalue weighted by Gasteiger charge is -2.21. The van der Waals surface area contributed by atoms with Crippen molar-refractivity contribution in [3.05, 3.63) is 71.9 Å². The van der Waals surface area contributed by atoms with Gasteiger partial charge in [-0.25, -0.2) is 0 Å². The smallest absolute Gasteiger partial charge is 0.193 e. The summed E-state index contributed by atoms with van der Waals surface area (Å²) in [4.78, 5) is 6.76. The van der Waals surface area contributed by atoms with E-state index in [0.29, 0.717) is 12.5 Å². The summed E-state index contributed by atoms with van der Waals surface area (Å²) >= 11 is 0. The van der Waals surface area contributed by atoms with E-state index in [0.717, 1.165) is 48.2 Å². The second-order valence-electron chi connectivity index (χ2n) is 7.15. The van der Waals surface area contributed by atoms with Crippen LogP contribution in [0, 0.1) is 0 Å². The lowest BCUT2D eigenvalue weighted by atomic mass is 9.98. The number of benzene rings is 2. The predicted octanol–water partition coefficient (Wildman–Crippen LogP) is 3.92. The van der Waals surface area contributed by atoms with Crippen molar-refractivity contribution < 1.29 is 9.26 Å². The number of nitrogens with zero attached hydrogens (tertiary/aromatic N) is 3. The first-order valence-corrected chi connectivity index (χ1v) is 9.87. The highest BCUT2D eigenvalue weighted by molar-refractivity contribution is 5.80. The third-order valence-electron chi connectivity index (χ3n) is 5.33. The SMILES string of the molecule is CN=C(NCc1cc(-c2ccccc2)on1)N1CCC(c2ccc(OC)cc2)C1. The number of guanidine groups is 1. The highest BCUT2D eigenvalue weighted by Crippen LogP contribution is 2.28. The first-order chi connectivity index (χ1) is 14.3. The van der Waals surface area contributed by atoms with E-state index in [1.54, 1.807) is 7.11 Å². The Balaban J connectivity index is 1.34. The van der Waals surface area contributed by atoms with Crippen LogP contribution in [-0.4, -0.2) is 43.3 Å². The Labute approximate surface area is 171 Å². The molecule has 0 spiro atoms. The maximum atomic E-state index is 5.48. The summed E-state index contributed by atoms with van der Waals surface area (Å²) in [7, 11) is 3.51. The molecule has 0 bridgehead atoms. The number of aliphatic imine (C=N–C) groups is 1. The van der Waals surface area contributed by atoms with E-state index in [1.807, 2.05) is 55.6 Å². The molecule has 1 atom stereocenters. The van der Waals surface area contributed by atoms with Gasteiger partial charge in [-0.15, -0.1) is 0 Å². The molecule has 1 fully saturated rings. The average molecular weight is 390 g/mol. The monoisotopic (exact) mass is 390 g/mol. The highest BCUT2D eigenvalue weighted by atomic mass is 16.5. The van der Waals surface area contributed by atoms with Crippen LogP contribution in [0.25, 0.3) is 11.3 Å². The Morgan fingerprint density at radius 1 is 1.21 bits per heavy atom. The second-order valence-corrected chi connectivity index (χ2v) is 7.15. The summed E-state index contributed by atoms with van der Waals surface area (Å²) in [5, 5.41) is 7.60. The Bertz CT molecular complexity index is 951. The number of hydrogen-bond donors (Lipinski definition) is 1. The summed E-state index contributed by atoms with van der Waals surface area (Å²) in [6.07, 6.45) is 1.11. The molecule has 29 heavy (non-hydrogen) atoms. The second kappa shape index (κ2) is 8.82. The maximum absolute atomic E-state index is 5.48. The highest BCUT2D eigenvalue weighted by Gasteiger charge is 2.26. The van der Waals surface area contributed by atoms with Crippen molar-refractivity contribution in [2.24, 2.45) is 4.99 Å². The van der Waals surface area contributed by atoms with Crippen molar-refractivity contribution in [3.63, 3.8) is 0 Å². The maximum Gasteiger partial charge on any atom is 0.193 e. The molecule has 3 aromatic rings. The van der Waals surface area contributed by atoms with Crippen molar-refractivity contribution in [1.82, 2.24) is 15.4 Å². The van der Waals surface area contributed by atoms with Crippen LogP contribution in [0.5, 0.6) is 5.75 Å². The molecular weight excluding hydrogens is 364 g/mol. The minimum atomic E-state index is 0.496. The van der Waals surface area contributed by atoms with Gasteiger partial charge < -0.3 is 19.5 Å². The molecular formula is C23H26N4O2. The summed E-state index contributed by atoms with van der Waals surface area (Å²) in [5.41, 5.74) is 3.22. The van der Waals surface area contributed by atoms with Gasteiger partial charge in [-0.3, -0.25) is 4.99 Å². The van der Waals surface area contributed by atoms with Gasteiger partial charge in [-0.05, 0) is 24.1 Å². The number of methoxy groups -OCH3 is 1. The number of nitrogens with one attached hydrogen (secondary N) is 1. The van der Waals surface area contributed by atoms with Crippen molar-refractivity contribution in [2.45, 2.75) is 18.9 Å². The largest absolute Gasteiger partial charge is 0.497 e. The van der Waals surface area contributed by atoms with Crippen LogP contribution in [0.2, 0.25) is 0 Å². The van der Waals surface area contributed by atoms with E-state index in [2.05, 4.69) is 32.5 Å². The molecule has 0 radical (unpaired) electrons. The van der Waals surface area contributed by atoms with E-state index in [1.165, 1.54) is 5.56 Å². The summed E-state index contributed by atoms with van der Waals surface area (Å²) in [5.74, 6) is 3.06.